The van der Waals surface area contributed by atoms with E-state index in [1.54, 1.807) is 6.20 Å². The first-order valence-corrected chi connectivity index (χ1v) is 7.71. The number of fused-ring (bicyclic) bond motifs is 3. The number of H-pyrrole nitrogens is 1. The second-order valence-electron chi connectivity index (χ2n) is 4.89. The molecule has 1 heterocycles. The molecule has 20 heavy (non-hydrogen) atoms. The van der Waals surface area contributed by atoms with E-state index in [2.05, 4.69) is 51.8 Å². The van der Waals surface area contributed by atoms with Gasteiger partial charge in [0.25, 0.3) is 5.56 Å². The van der Waals surface area contributed by atoms with Gasteiger partial charge >= 0.3 is 0 Å². The number of rotatable bonds is 3. The maximum absolute atomic E-state index is 12.2. The second kappa shape index (κ2) is 5.54. The van der Waals surface area contributed by atoms with E-state index >= 15 is 0 Å². The molecule has 0 atom stereocenters. The van der Waals surface area contributed by atoms with Crippen molar-refractivity contribution in [1.29, 1.82) is 0 Å². The minimum Gasteiger partial charge on any atom is -0.330 e. The van der Waals surface area contributed by atoms with Gasteiger partial charge in [0.05, 0.1) is 5.39 Å². The molecule has 0 fully saturated rings. The van der Waals surface area contributed by atoms with Gasteiger partial charge in [0.1, 0.15) is 0 Å². The monoisotopic (exact) mass is 378 g/mol. The fourth-order valence-electron chi connectivity index (χ4n) is 2.66. The number of hydrogen-bond donors (Lipinski definition) is 2. The van der Waals surface area contributed by atoms with Crippen molar-refractivity contribution in [3.8, 4) is 0 Å². The Morgan fingerprint density at radius 1 is 1.15 bits per heavy atom. The number of nitrogens with two attached hydrogens (primary N) is 1. The maximum Gasteiger partial charge on any atom is 0.256 e. The summed E-state index contributed by atoms with van der Waals surface area (Å²) in [7, 11) is 0. The summed E-state index contributed by atoms with van der Waals surface area (Å²) in [6.45, 7) is 0.680. The van der Waals surface area contributed by atoms with Crippen molar-refractivity contribution >= 4 is 44.1 Å². The first-order chi connectivity index (χ1) is 9.70. The molecular formula is C16H15IN2O. The van der Waals surface area contributed by atoms with Crippen molar-refractivity contribution in [1.82, 2.24) is 4.98 Å². The molecule has 0 aliphatic rings. The molecule has 0 unspecified atom stereocenters. The van der Waals surface area contributed by atoms with Crippen LogP contribution in [0.4, 0.5) is 0 Å². The summed E-state index contributed by atoms with van der Waals surface area (Å²) < 4.78 is 1.13. The Morgan fingerprint density at radius 2 is 2.00 bits per heavy atom. The number of aryl methyl sites for hydroxylation is 1. The molecule has 0 saturated carbocycles. The number of aromatic nitrogens is 1. The lowest BCUT2D eigenvalue weighted by molar-refractivity contribution is 0.838. The van der Waals surface area contributed by atoms with E-state index in [-0.39, 0.29) is 5.56 Å². The molecular weight excluding hydrogens is 363 g/mol. The summed E-state index contributed by atoms with van der Waals surface area (Å²) >= 11 is 2.28. The van der Waals surface area contributed by atoms with Gasteiger partial charge in [-0.15, -0.1) is 0 Å². The summed E-state index contributed by atoms with van der Waals surface area (Å²) in [5.74, 6) is 0. The number of halogens is 1. The molecule has 4 heteroatoms. The molecule has 102 valence electrons. The van der Waals surface area contributed by atoms with E-state index in [4.69, 9.17) is 5.73 Å². The molecule has 3 N–H and O–H groups in total. The van der Waals surface area contributed by atoms with E-state index < -0.39 is 0 Å². The van der Waals surface area contributed by atoms with Crippen LogP contribution < -0.4 is 11.3 Å². The van der Waals surface area contributed by atoms with Gasteiger partial charge in [-0.1, -0.05) is 12.1 Å². The molecule has 0 bridgehead atoms. The third-order valence-electron chi connectivity index (χ3n) is 3.57. The van der Waals surface area contributed by atoms with Crippen LogP contribution in [0, 0.1) is 3.57 Å². The van der Waals surface area contributed by atoms with Crippen LogP contribution in [0.25, 0.3) is 21.5 Å². The summed E-state index contributed by atoms with van der Waals surface area (Å²) in [6.07, 6.45) is 3.60. The summed E-state index contributed by atoms with van der Waals surface area (Å²) in [5.41, 5.74) is 6.86. The molecule has 0 amide bonds. The van der Waals surface area contributed by atoms with Crippen molar-refractivity contribution in [2.45, 2.75) is 12.8 Å². The van der Waals surface area contributed by atoms with Crippen LogP contribution in [0.2, 0.25) is 0 Å². The Balaban J connectivity index is 2.42. The van der Waals surface area contributed by atoms with E-state index in [9.17, 15) is 4.79 Å². The molecule has 3 rings (SSSR count). The number of pyridine rings is 1. The third kappa shape index (κ3) is 2.33. The number of nitrogens with one attached hydrogen (secondary N) is 1. The summed E-state index contributed by atoms with van der Waals surface area (Å²) in [4.78, 5) is 14.9. The molecule has 1 aromatic heterocycles. The first-order valence-electron chi connectivity index (χ1n) is 6.63. The van der Waals surface area contributed by atoms with Gasteiger partial charge in [0, 0.05) is 9.77 Å². The van der Waals surface area contributed by atoms with Crippen LogP contribution >= 0.6 is 22.6 Å². The van der Waals surface area contributed by atoms with E-state index in [1.807, 2.05) is 6.07 Å². The Kier molecular flexibility index (Phi) is 3.76. The molecule has 3 nitrogen and oxygen atoms in total. The normalized spacial score (nSPS) is 11.3. The number of hydrogen-bond acceptors (Lipinski definition) is 2. The van der Waals surface area contributed by atoms with Gasteiger partial charge in [0.15, 0.2) is 0 Å². The first kappa shape index (κ1) is 13.6. The lowest BCUT2D eigenvalue weighted by Gasteiger charge is -2.10. The highest BCUT2D eigenvalue weighted by atomic mass is 127. The standard InChI is InChI=1S/C16H15IN2O/c17-12-3-4-13-10(2-1-6-18)8-11-5-7-19-16(20)15(11)14(13)9-12/h3-5,7-9H,1-2,6,18H2,(H,19,20). The van der Waals surface area contributed by atoms with Gasteiger partial charge in [-0.2, -0.15) is 0 Å². The van der Waals surface area contributed by atoms with Crippen molar-refractivity contribution in [2.75, 3.05) is 6.54 Å². The fourth-order valence-corrected chi connectivity index (χ4v) is 3.15. The molecule has 2 aromatic carbocycles. The molecule has 3 aromatic rings. The van der Waals surface area contributed by atoms with Gasteiger partial charge in [-0.25, -0.2) is 0 Å². The van der Waals surface area contributed by atoms with E-state index in [1.165, 1.54) is 5.56 Å². The third-order valence-corrected chi connectivity index (χ3v) is 4.24. The molecule has 0 spiro atoms. The quantitative estimate of drug-likeness (QED) is 0.543. The fraction of sp³-hybridized carbons (Fsp3) is 0.188. The molecule has 0 saturated heterocycles. The maximum atomic E-state index is 12.2. The van der Waals surface area contributed by atoms with Crippen LogP contribution in [0.3, 0.4) is 0 Å². The minimum atomic E-state index is -0.0279. The Morgan fingerprint density at radius 3 is 2.80 bits per heavy atom. The Bertz CT molecular complexity index is 839. The average Bonchev–Trinajstić information content (AvgIpc) is 2.44. The highest BCUT2D eigenvalue weighted by Crippen LogP contribution is 2.28. The van der Waals surface area contributed by atoms with E-state index in [0.717, 1.165) is 38.0 Å². The topological polar surface area (TPSA) is 58.9 Å². The van der Waals surface area contributed by atoms with Crippen LogP contribution in [-0.2, 0) is 6.42 Å². The summed E-state index contributed by atoms with van der Waals surface area (Å²) in [5, 5.41) is 3.96. The lowest BCUT2D eigenvalue weighted by Crippen LogP contribution is -2.06. The minimum absolute atomic E-state index is 0.0279. The number of aromatic amines is 1. The largest absolute Gasteiger partial charge is 0.330 e. The van der Waals surface area contributed by atoms with E-state index in [0.29, 0.717) is 6.54 Å². The van der Waals surface area contributed by atoms with Gasteiger partial charge in [0.2, 0.25) is 0 Å². The molecule has 0 aliphatic carbocycles. The smallest absolute Gasteiger partial charge is 0.256 e. The predicted octanol–water partition coefficient (Wildman–Crippen LogP) is 3.18. The SMILES string of the molecule is NCCCc1cc2cc[nH]c(=O)c2c2cc(I)ccc12. The highest BCUT2D eigenvalue weighted by Gasteiger charge is 2.09. The average molecular weight is 378 g/mol. The van der Waals surface area contributed by atoms with Crippen LogP contribution in [0.15, 0.2) is 41.3 Å². The van der Waals surface area contributed by atoms with Crippen molar-refractivity contribution in [2.24, 2.45) is 5.73 Å². The zero-order chi connectivity index (χ0) is 14.1. The van der Waals surface area contributed by atoms with Crippen molar-refractivity contribution in [3.63, 3.8) is 0 Å². The van der Waals surface area contributed by atoms with Gasteiger partial charge in [-0.05, 0) is 81.9 Å². The zero-order valence-electron chi connectivity index (χ0n) is 10.9. The summed E-state index contributed by atoms with van der Waals surface area (Å²) in [6, 6.07) is 10.4. The number of benzene rings is 2. The highest BCUT2D eigenvalue weighted by molar-refractivity contribution is 14.1. The lowest BCUT2D eigenvalue weighted by atomic mass is 9.96. The van der Waals surface area contributed by atoms with Crippen LogP contribution in [0.1, 0.15) is 12.0 Å². The van der Waals surface area contributed by atoms with Crippen molar-refractivity contribution in [3.05, 3.63) is 56.0 Å². The Hall–Kier alpha value is -1.40. The Labute approximate surface area is 130 Å². The van der Waals surface area contributed by atoms with Crippen LogP contribution in [-0.4, -0.2) is 11.5 Å². The molecule has 0 radical (unpaired) electrons. The zero-order valence-corrected chi connectivity index (χ0v) is 13.1. The van der Waals surface area contributed by atoms with Gasteiger partial charge in [-0.3, -0.25) is 4.79 Å². The van der Waals surface area contributed by atoms with Gasteiger partial charge < -0.3 is 10.7 Å². The van der Waals surface area contributed by atoms with Crippen LogP contribution in [0.5, 0.6) is 0 Å². The van der Waals surface area contributed by atoms with Crippen molar-refractivity contribution < 1.29 is 0 Å². The molecule has 0 aliphatic heterocycles. The predicted molar refractivity (Wildman–Crippen MR) is 92.2 cm³/mol. The second-order valence-corrected chi connectivity index (χ2v) is 6.13.